The zero-order valence-electron chi connectivity index (χ0n) is 22.8. The number of methoxy groups -OCH3 is 3. The number of ether oxygens (including phenoxy) is 3. The Morgan fingerprint density at radius 1 is 0.850 bits per heavy atom. The third-order valence-corrected chi connectivity index (χ3v) is 7.35. The standard InChI is InChI=1S/C32H30N2O5S/c1-36-25-8-5-7-22(14-25)31-24(13-21-10-11-29(40-4)18-30(21)33-31)19-34(20-26-9-6-12-39-26)32(35)23-15-27(37-2)17-28(16-23)38-3/h5-18H,19-20H2,1-4H3. The van der Waals surface area contributed by atoms with Gasteiger partial charge in [-0.05, 0) is 66.4 Å². The molecule has 0 bridgehead atoms. The van der Waals surface area contributed by atoms with Crippen LogP contribution < -0.4 is 14.2 Å². The van der Waals surface area contributed by atoms with Gasteiger partial charge in [-0.1, -0.05) is 18.2 Å². The number of benzene rings is 3. The number of amides is 1. The molecule has 0 saturated carbocycles. The van der Waals surface area contributed by atoms with Gasteiger partial charge in [0, 0.05) is 34.0 Å². The van der Waals surface area contributed by atoms with E-state index in [1.165, 1.54) is 0 Å². The van der Waals surface area contributed by atoms with Crippen LogP contribution in [0.5, 0.6) is 17.2 Å². The minimum Gasteiger partial charge on any atom is -0.497 e. The summed E-state index contributed by atoms with van der Waals surface area (Å²) in [5, 5.41) is 0.993. The number of hydrogen-bond acceptors (Lipinski definition) is 7. The Balaban J connectivity index is 1.63. The van der Waals surface area contributed by atoms with Gasteiger partial charge >= 0.3 is 0 Å². The lowest BCUT2D eigenvalue weighted by molar-refractivity contribution is 0.0717. The number of furan rings is 1. The summed E-state index contributed by atoms with van der Waals surface area (Å²) in [7, 11) is 4.77. The van der Waals surface area contributed by atoms with Gasteiger partial charge in [0.15, 0.2) is 0 Å². The molecule has 40 heavy (non-hydrogen) atoms. The van der Waals surface area contributed by atoms with Crippen LogP contribution in [0.2, 0.25) is 0 Å². The third-order valence-electron chi connectivity index (χ3n) is 6.62. The van der Waals surface area contributed by atoms with E-state index in [2.05, 4.69) is 24.3 Å². The molecule has 1 amide bonds. The summed E-state index contributed by atoms with van der Waals surface area (Å²) in [6.07, 6.45) is 3.65. The monoisotopic (exact) mass is 554 g/mol. The molecular weight excluding hydrogens is 524 g/mol. The van der Waals surface area contributed by atoms with E-state index in [1.807, 2.05) is 42.7 Å². The van der Waals surface area contributed by atoms with Gasteiger partial charge in [-0.15, -0.1) is 11.8 Å². The molecule has 0 aliphatic carbocycles. The molecule has 204 valence electrons. The second-order valence-electron chi connectivity index (χ2n) is 9.13. The quantitative estimate of drug-likeness (QED) is 0.171. The van der Waals surface area contributed by atoms with E-state index >= 15 is 0 Å². The van der Waals surface area contributed by atoms with Gasteiger partial charge in [0.1, 0.15) is 23.0 Å². The zero-order chi connectivity index (χ0) is 28.1. The molecule has 0 atom stereocenters. The van der Waals surface area contributed by atoms with Crippen LogP contribution in [-0.2, 0) is 13.1 Å². The molecular formula is C32H30N2O5S. The fraction of sp³-hybridized carbons (Fsp3) is 0.188. The molecule has 5 aromatic rings. The van der Waals surface area contributed by atoms with Crippen LogP contribution in [0, 0.1) is 0 Å². The second-order valence-corrected chi connectivity index (χ2v) is 10.0. The van der Waals surface area contributed by atoms with Crippen LogP contribution in [0.1, 0.15) is 21.7 Å². The highest BCUT2D eigenvalue weighted by Gasteiger charge is 2.22. The summed E-state index contributed by atoms with van der Waals surface area (Å²) in [6, 6.07) is 25.0. The average molecular weight is 555 g/mol. The van der Waals surface area contributed by atoms with Crippen molar-refractivity contribution in [3.63, 3.8) is 0 Å². The lowest BCUT2D eigenvalue weighted by atomic mass is 10.0. The fourth-order valence-electron chi connectivity index (χ4n) is 4.57. The number of aromatic nitrogens is 1. The molecule has 3 aromatic carbocycles. The lowest BCUT2D eigenvalue weighted by Gasteiger charge is -2.24. The molecule has 7 nitrogen and oxygen atoms in total. The number of carbonyl (C=O) groups is 1. The van der Waals surface area contributed by atoms with Crippen LogP contribution in [0.3, 0.4) is 0 Å². The molecule has 0 radical (unpaired) electrons. The van der Waals surface area contributed by atoms with Crippen molar-refractivity contribution >= 4 is 28.6 Å². The maximum Gasteiger partial charge on any atom is 0.254 e. The topological polar surface area (TPSA) is 74.0 Å². The highest BCUT2D eigenvalue weighted by Crippen LogP contribution is 2.32. The first-order chi connectivity index (χ1) is 19.5. The first-order valence-corrected chi connectivity index (χ1v) is 13.9. The predicted molar refractivity (Wildman–Crippen MR) is 157 cm³/mol. The smallest absolute Gasteiger partial charge is 0.254 e. The number of pyridine rings is 1. The number of hydrogen-bond donors (Lipinski definition) is 0. The second kappa shape index (κ2) is 12.2. The van der Waals surface area contributed by atoms with Crippen molar-refractivity contribution in [1.82, 2.24) is 9.88 Å². The van der Waals surface area contributed by atoms with Gasteiger partial charge in [-0.2, -0.15) is 0 Å². The minimum absolute atomic E-state index is 0.192. The average Bonchev–Trinajstić information content (AvgIpc) is 3.52. The lowest BCUT2D eigenvalue weighted by Crippen LogP contribution is -2.30. The normalized spacial score (nSPS) is 10.9. The van der Waals surface area contributed by atoms with Crippen molar-refractivity contribution in [2.45, 2.75) is 18.0 Å². The van der Waals surface area contributed by atoms with Gasteiger partial charge in [0.2, 0.25) is 0 Å². The van der Waals surface area contributed by atoms with Crippen LogP contribution in [0.4, 0.5) is 0 Å². The Morgan fingerprint density at radius 3 is 2.30 bits per heavy atom. The summed E-state index contributed by atoms with van der Waals surface area (Å²) in [4.78, 5) is 22.0. The molecule has 0 saturated heterocycles. The van der Waals surface area contributed by atoms with Crippen LogP contribution in [-0.4, -0.2) is 43.4 Å². The number of thioether (sulfide) groups is 1. The Bertz CT molecular complexity index is 1610. The van der Waals surface area contributed by atoms with Crippen molar-refractivity contribution < 1.29 is 23.4 Å². The number of carbonyl (C=O) groups excluding carboxylic acids is 1. The summed E-state index contributed by atoms with van der Waals surface area (Å²) in [6.45, 7) is 0.561. The first-order valence-electron chi connectivity index (χ1n) is 12.7. The molecule has 0 unspecified atom stereocenters. The van der Waals surface area contributed by atoms with Crippen molar-refractivity contribution in [1.29, 1.82) is 0 Å². The minimum atomic E-state index is -0.192. The Kier molecular flexibility index (Phi) is 8.26. The van der Waals surface area contributed by atoms with E-state index in [1.54, 1.807) is 62.5 Å². The maximum atomic E-state index is 14.0. The number of fused-ring (bicyclic) bond motifs is 1. The first kappa shape index (κ1) is 27.1. The summed E-state index contributed by atoms with van der Waals surface area (Å²) >= 11 is 1.67. The van der Waals surface area contributed by atoms with E-state index in [-0.39, 0.29) is 12.5 Å². The summed E-state index contributed by atoms with van der Waals surface area (Å²) in [5.41, 5.74) is 3.91. The zero-order valence-corrected chi connectivity index (χ0v) is 23.7. The van der Waals surface area contributed by atoms with Crippen molar-refractivity contribution in [2.75, 3.05) is 27.6 Å². The molecule has 2 aromatic heterocycles. The van der Waals surface area contributed by atoms with Crippen LogP contribution in [0.15, 0.2) is 94.4 Å². The predicted octanol–water partition coefficient (Wildman–Crippen LogP) is 7.09. The Hall–Kier alpha value is -4.43. The van der Waals surface area contributed by atoms with E-state index in [0.717, 1.165) is 38.4 Å². The van der Waals surface area contributed by atoms with E-state index in [9.17, 15) is 4.79 Å². The maximum absolute atomic E-state index is 14.0. The fourth-order valence-corrected chi connectivity index (χ4v) is 5.00. The van der Waals surface area contributed by atoms with Gasteiger partial charge in [-0.3, -0.25) is 4.79 Å². The molecule has 0 N–H and O–H groups in total. The third kappa shape index (κ3) is 5.92. The van der Waals surface area contributed by atoms with E-state index in [4.69, 9.17) is 23.6 Å². The largest absolute Gasteiger partial charge is 0.497 e. The van der Waals surface area contributed by atoms with E-state index in [0.29, 0.717) is 29.4 Å². The molecule has 8 heteroatoms. The van der Waals surface area contributed by atoms with Crippen molar-refractivity contribution in [3.8, 4) is 28.5 Å². The molecule has 0 aliphatic heterocycles. The summed E-state index contributed by atoms with van der Waals surface area (Å²) < 4.78 is 22.0. The Morgan fingerprint density at radius 2 is 1.62 bits per heavy atom. The SMILES string of the molecule is COc1cc(OC)cc(C(=O)N(Cc2ccco2)Cc2cc3ccc(SC)cc3nc2-c2cccc(OC)c2)c1. The molecule has 2 heterocycles. The van der Waals surface area contributed by atoms with Crippen molar-refractivity contribution in [3.05, 3.63) is 102 Å². The molecule has 0 fully saturated rings. The van der Waals surface area contributed by atoms with Gasteiger partial charge in [0.25, 0.3) is 5.91 Å². The number of nitrogens with zero attached hydrogens (tertiary/aromatic N) is 2. The molecule has 0 aliphatic rings. The highest BCUT2D eigenvalue weighted by atomic mass is 32.2. The van der Waals surface area contributed by atoms with Gasteiger partial charge in [-0.25, -0.2) is 4.98 Å². The van der Waals surface area contributed by atoms with Gasteiger partial charge < -0.3 is 23.5 Å². The molecule has 5 rings (SSSR count). The van der Waals surface area contributed by atoms with Crippen LogP contribution in [0.25, 0.3) is 22.2 Å². The van der Waals surface area contributed by atoms with Gasteiger partial charge in [0.05, 0.1) is 45.3 Å². The molecule has 0 spiro atoms. The highest BCUT2D eigenvalue weighted by molar-refractivity contribution is 7.98. The Labute approximate surface area is 237 Å². The number of rotatable bonds is 10. The summed E-state index contributed by atoms with van der Waals surface area (Å²) in [5.74, 6) is 2.28. The van der Waals surface area contributed by atoms with Crippen LogP contribution >= 0.6 is 11.8 Å². The van der Waals surface area contributed by atoms with E-state index < -0.39 is 0 Å². The van der Waals surface area contributed by atoms with Crippen molar-refractivity contribution in [2.24, 2.45) is 0 Å².